The van der Waals surface area contributed by atoms with Crippen molar-refractivity contribution in [1.29, 1.82) is 0 Å². The summed E-state index contributed by atoms with van der Waals surface area (Å²) in [5, 5.41) is 0. The molecule has 0 aromatic carbocycles. The fourth-order valence-electron chi connectivity index (χ4n) is 1.43. The first kappa shape index (κ1) is 11.1. The molecule has 0 radical (unpaired) electrons. The molecule has 1 aromatic heterocycles. The van der Waals surface area contributed by atoms with Crippen LogP contribution in [0.15, 0.2) is 24.5 Å². The molecule has 14 heavy (non-hydrogen) atoms. The van der Waals surface area contributed by atoms with Gasteiger partial charge in [-0.1, -0.05) is 6.07 Å². The number of rotatable bonds is 5. The number of methoxy groups -OCH3 is 1. The molecule has 2 atom stereocenters. The molecule has 0 spiro atoms. The van der Waals surface area contributed by atoms with Crippen molar-refractivity contribution in [3.05, 3.63) is 30.1 Å². The molecule has 0 aliphatic heterocycles. The van der Waals surface area contributed by atoms with E-state index in [4.69, 9.17) is 10.5 Å². The Morgan fingerprint density at radius 3 is 2.93 bits per heavy atom. The van der Waals surface area contributed by atoms with Crippen LogP contribution in [0, 0.1) is 0 Å². The molecular formula is C11H18N2O. The topological polar surface area (TPSA) is 48.1 Å². The third-order valence-corrected chi connectivity index (χ3v) is 2.26. The summed E-state index contributed by atoms with van der Waals surface area (Å²) in [6.07, 6.45) is 5.60. The van der Waals surface area contributed by atoms with Gasteiger partial charge in [0.2, 0.25) is 0 Å². The maximum absolute atomic E-state index is 5.97. The van der Waals surface area contributed by atoms with Crippen molar-refractivity contribution in [2.75, 3.05) is 7.11 Å². The average Bonchev–Trinajstić information content (AvgIpc) is 2.19. The lowest BCUT2D eigenvalue weighted by Crippen LogP contribution is -2.27. The molecule has 1 heterocycles. The molecule has 0 saturated heterocycles. The van der Waals surface area contributed by atoms with E-state index in [1.807, 2.05) is 25.3 Å². The highest BCUT2D eigenvalue weighted by atomic mass is 16.5. The highest BCUT2D eigenvalue weighted by Gasteiger charge is 2.08. The van der Waals surface area contributed by atoms with E-state index in [1.54, 1.807) is 13.3 Å². The molecule has 0 amide bonds. The molecule has 2 unspecified atom stereocenters. The molecule has 0 bridgehead atoms. The van der Waals surface area contributed by atoms with E-state index in [2.05, 4.69) is 4.98 Å². The van der Waals surface area contributed by atoms with Crippen molar-refractivity contribution < 1.29 is 4.74 Å². The van der Waals surface area contributed by atoms with Crippen LogP contribution < -0.4 is 5.73 Å². The van der Waals surface area contributed by atoms with Gasteiger partial charge in [-0.25, -0.2) is 0 Å². The number of ether oxygens (including phenoxy) is 1. The van der Waals surface area contributed by atoms with Gasteiger partial charge < -0.3 is 10.5 Å². The van der Waals surface area contributed by atoms with Gasteiger partial charge in [-0.2, -0.15) is 0 Å². The molecular weight excluding hydrogens is 176 g/mol. The Hall–Kier alpha value is -0.930. The lowest BCUT2D eigenvalue weighted by molar-refractivity contribution is 0.104. The predicted octanol–water partition coefficient (Wildman–Crippen LogP) is 1.38. The SMILES string of the molecule is COC(C)CC(N)Cc1cccnc1. The lowest BCUT2D eigenvalue weighted by atomic mass is 10.0. The summed E-state index contributed by atoms with van der Waals surface area (Å²) in [6.45, 7) is 2.03. The Labute approximate surface area is 85.3 Å². The molecule has 3 nitrogen and oxygen atoms in total. The van der Waals surface area contributed by atoms with Crippen LogP contribution in [-0.2, 0) is 11.2 Å². The second-order valence-corrected chi connectivity index (χ2v) is 3.61. The molecule has 0 fully saturated rings. The highest BCUT2D eigenvalue weighted by Crippen LogP contribution is 2.06. The summed E-state index contributed by atoms with van der Waals surface area (Å²) in [5.74, 6) is 0. The minimum absolute atomic E-state index is 0.147. The van der Waals surface area contributed by atoms with Gasteiger partial charge in [0, 0.05) is 25.5 Å². The second kappa shape index (κ2) is 5.73. The molecule has 3 heteroatoms. The summed E-state index contributed by atoms with van der Waals surface area (Å²) in [7, 11) is 1.71. The zero-order valence-corrected chi connectivity index (χ0v) is 8.81. The minimum Gasteiger partial charge on any atom is -0.382 e. The van der Waals surface area contributed by atoms with Gasteiger partial charge >= 0.3 is 0 Å². The molecule has 0 aliphatic carbocycles. The smallest absolute Gasteiger partial charge is 0.0558 e. The van der Waals surface area contributed by atoms with Crippen molar-refractivity contribution in [3.63, 3.8) is 0 Å². The van der Waals surface area contributed by atoms with Crippen LogP contribution in [0.1, 0.15) is 18.9 Å². The van der Waals surface area contributed by atoms with E-state index >= 15 is 0 Å². The highest BCUT2D eigenvalue weighted by molar-refractivity contribution is 5.09. The monoisotopic (exact) mass is 194 g/mol. The summed E-state index contributed by atoms with van der Waals surface area (Å²) in [5.41, 5.74) is 7.16. The number of pyridine rings is 1. The van der Waals surface area contributed by atoms with Crippen molar-refractivity contribution in [3.8, 4) is 0 Å². The van der Waals surface area contributed by atoms with Crippen LogP contribution in [0.2, 0.25) is 0 Å². The number of hydrogen-bond donors (Lipinski definition) is 1. The fourth-order valence-corrected chi connectivity index (χ4v) is 1.43. The summed E-state index contributed by atoms with van der Waals surface area (Å²) < 4.78 is 5.16. The number of aromatic nitrogens is 1. The first-order valence-corrected chi connectivity index (χ1v) is 4.89. The fraction of sp³-hybridized carbons (Fsp3) is 0.545. The van der Waals surface area contributed by atoms with Gasteiger partial charge in [0.15, 0.2) is 0 Å². The van der Waals surface area contributed by atoms with E-state index in [0.29, 0.717) is 0 Å². The number of hydrogen-bond acceptors (Lipinski definition) is 3. The largest absolute Gasteiger partial charge is 0.382 e. The van der Waals surface area contributed by atoms with Gasteiger partial charge in [0.1, 0.15) is 0 Å². The average molecular weight is 194 g/mol. The standard InChI is InChI=1S/C11H18N2O/c1-9(14-2)6-11(12)7-10-4-3-5-13-8-10/h3-5,8-9,11H,6-7,12H2,1-2H3. The maximum atomic E-state index is 5.97. The van der Waals surface area contributed by atoms with Crippen molar-refractivity contribution in [2.45, 2.75) is 31.9 Å². The Bertz CT molecular complexity index is 251. The zero-order chi connectivity index (χ0) is 10.4. The van der Waals surface area contributed by atoms with Crippen LogP contribution in [0.4, 0.5) is 0 Å². The first-order valence-electron chi connectivity index (χ1n) is 4.89. The van der Waals surface area contributed by atoms with E-state index in [1.165, 1.54) is 5.56 Å². The van der Waals surface area contributed by atoms with E-state index in [-0.39, 0.29) is 12.1 Å². The van der Waals surface area contributed by atoms with Crippen LogP contribution in [0.3, 0.4) is 0 Å². The Morgan fingerprint density at radius 1 is 1.57 bits per heavy atom. The number of nitrogens with two attached hydrogens (primary N) is 1. The van der Waals surface area contributed by atoms with E-state index < -0.39 is 0 Å². The zero-order valence-electron chi connectivity index (χ0n) is 8.81. The van der Waals surface area contributed by atoms with Crippen LogP contribution in [0.5, 0.6) is 0 Å². The summed E-state index contributed by atoms with van der Waals surface area (Å²) in [6, 6.07) is 4.13. The second-order valence-electron chi connectivity index (χ2n) is 3.61. The molecule has 0 aliphatic rings. The van der Waals surface area contributed by atoms with Crippen LogP contribution >= 0.6 is 0 Å². The third-order valence-electron chi connectivity index (χ3n) is 2.26. The quantitative estimate of drug-likeness (QED) is 0.770. The Kier molecular flexibility index (Phi) is 4.56. The Balaban J connectivity index is 2.37. The molecule has 78 valence electrons. The normalized spacial score (nSPS) is 15.1. The summed E-state index contributed by atoms with van der Waals surface area (Å²) >= 11 is 0. The summed E-state index contributed by atoms with van der Waals surface area (Å²) in [4.78, 5) is 4.05. The Morgan fingerprint density at radius 2 is 2.36 bits per heavy atom. The molecule has 1 rings (SSSR count). The van der Waals surface area contributed by atoms with Gasteiger partial charge in [-0.15, -0.1) is 0 Å². The minimum atomic E-state index is 0.147. The lowest BCUT2D eigenvalue weighted by Gasteiger charge is -2.15. The maximum Gasteiger partial charge on any atom is 0.0558 e. The van der Waals surface area contributed by atoms with Crippen molar-refractivity contribution >= 4 is 0 Å². The van der Waals surface area contributed by atoms with Gasteiger partial charge in [0.25, 0.3) is 0 Å². The number of nitrogens with zero attached hydrogens (tertiary/aromatic N) is 1. The first-order chi connectivity index (χ1) is 6.72. The van der Waals surface area contributed by atoms with Gasteiger partial charge in [-0.05, 0) is 31.4 Å². The molecule has 2 N–H and O–H groups in total. The van der Waals surface area contributed by atoms with E-state index in [0.717, 1.165) is 12.8 Å². The molecule has 1 aromatic rings. The third kappa shape index (κ3) is 3.85. The van der Waals surface area contributed by atoms with Gasteiger partial charge in [0.05, 0.1) is 6.10 Å². The molecule has 0 saturated carbocycles. The van der Waals surface area contributed by atoms with Crippen molar-refractivity contribution in [2.24, 2.45) is 5.73 Å². The van der Waals surface area contributed by atoms with Crippen LogP contribution in [-0.4, -0.2) is 24.2 Å². The van der Waals surface area contributed by atoms with Gasteiger partial charge in [-0.3, -0.25) is 4.98 Å². The predicted molar refractivity (Wildman–Crippen MR) is 57.0 cm³/mol. The van der Waals surface area contributed by atoms with Crippen molar-refractivity contribution in [1.82, 2.24) is 4.98 Å². The van der Waals surface area contributed by atoms with E-state index in [9.17, 15) is 0 Å². The van der Waals surface area contributed by atoms with Crippen LogP contribution in [0.25, 0.3) is 0 Å².